The third-order valence-corrected chi connectivity index (χ3v) is 4.81. The van der Waals surface area contributed by atoms with Gasteiger partial charge in [-0.1, -0.05) is 6.07 Å². The molecule has 0 unspecified atom stereocenters. The largest absolute Gasteiger partial charge is 0.478 e. The molecule has 8 heteroatoms. The van der Waals surface area contributed by atoms with E-state index in [1.807, 2.05) is 6.92 Å². The highest BCUT2D eigenvalue weighted by Crippen LogP contribution is 2.19. The van der Waals surface area contributed by atoms with E-state index in [-0.39, 0.29) is 11.5 Å². The SMILES string of the molecule is Cc1ccc(C(=O)O)cc1NC(=O)c1csc(CN2CCOCC2)n1. The molecule has 3 rings (SSSR count). The van der Waals surface area contributed by atoms with Gasteiger partial charge in [-0.25, -0.2) is 9.78 Å². The monoisotopic (exact) mass is 361 g/mol. The van der Waals surface area contributed by atoms with Crippen LogP contribution in [0.5, 0.6) is 0 Å². The van der Waals surface area contributed by atoms with Gasteiger partial charge in [-0.05, 0) is 24.6 Å². The van der Waals surface area contributed by atoms with Gasteiger partial charge in [0.2, 0.25) is 0 Å². The lowest BCUT2D eigenvalue weighted by atomic mass is 10.1. The molecule has 0 spiro atoms. The van der Waals surface area contributed by atoms with Gasteiger partial charge in [-0.3, -0.25) is 9.69 Å². The summed E-state index contributed by atoms with van der Waals surface area (Å²) in [5, 5.41) is 14.4. The summed E-state index contributed by atoms with van der Waals surface area (Å²) in [5.41, 5.74) is 1.75. The van der Waals surface area contributed by atoms with Crippen LogP contribution in [0.2, 0.25) is 0 Å². The highest BCUT2D eigenvalue weighted by Gasteiger charge is 2.16. The van der Waals surface area contributed by atoms with Crippen LogP contribution in [-0.4, -0.2) is 53.2 Å². The average molecular weight is 361 g/mol. The van der Waals surface area contributed by atoms with Crippen LogP contribution in [0.4, 0.5) is 5.69 Å². The lowest BCUT2D eigenvalue weighted by molar-refractivity contribution is 0.0341. The Morgan fingerprint density at radius 1 is 1.36 bits per heavy atom. The Kier molecular flexibility index (Phi) is 5.42. The predicted octanol–water partition coefficient (Wildman–Crippen LogP) is 2.23. The zero-order chi connectivity index (χ0) is 17.8. The summed E-state index contributed by atoms with van der Waals surface area (Å²) in [6.07, 6.45) is 0. The molecule has 132 valence electrons. The predicted molar refractivity (Wildman–Crippen MR) is 94.3 cm³/mol. The number of carboxylic acids is 1. The smallest absolute Gasteiger partial charge is 0.335 e. The second-order valence-electron chi connectivity index (χ2n) is 5.80. The zero-order valence-electron chi connectivity index (χ0n) is 13.8. The number of carboxylic acid groups (broad SMARTS) is 1. The van der Waals surface area contributed by atoms with Crippen molar-refractivity contribution in [3.63, 3.8) is 0 Å². The van der Waals surface area contributed by atoms with Crippen molar-refractivity contribution in [2.75, 3.05) is 31.6 Å². The number of benzene rings is 1. The number of nitrogens with one attached hydrogen (secondary N) is 1. The first kappa shape index (κ1) is 17.5. The lowest BCUT2D eigenvalue weighted by Gasteiger charge is -2.25. The number of ether oxygens (including phenoxy) is 1. The molecule has 0 saturated carbocycles. The Hall–Kier alpha value is -2.29. The van der Waals surface area contributed by atoms with Crippen LogP contribution in [0.3, 0.4) is 0 Å². The third kappa shape index (κ3) is 4.41. The number of rotatable bonds is 5. The molecule has 0 aliphatic carbocycles. The lowest BCUT2D eigenvalue weighted by Crippen LogP contribution is -2.35. The van der Waals surface area contributed by atoms with Crippen molar-refractivity contribution in [1.82, 2.24) is 9.88 Å². The molecule has 2 N–H and O–H groups in total. The van der Waals surface area contributed by atoms with E-state index >= 15 is 0 Å². The van der Waals surface area contributed by atoms with E-state index in [0.717, 1.165) is 36.9 Å². The summed E-state index contributed by atoms with van der Waals surface area (Å²) in [4.78, 5) is 30.1. The van der Waals surface area contributed by atoms with Gasteiger partial charge < -0.3 is 15.2 Å². The summed E-state index contributed by atoms with van der Waals surface area (Å²) >= 11 is 1.45. The van der Waals surface area contributed by atoms with E-state index in [2.05, 4.69) is 15.2 Å². The van der Waals surface area contributed by atoms with Crippen LogP contribution in [0.25, 0.3) is 0 Å². The van der Waals surface area contributed by atoms with E-state index in [0.29, 0.717) is 17.9 Å². The van der Waals surface area contributed by atoms with E-state index in [1.54, 1.807) is 11.4 Å². The quantitative estimate of drug-likeness (QED) is 0.849. The minimum Gasteiger partial charge on any atom is -0.478 e. The molecule has 1 amide bonds. The average Bonchev–Trinajstić information content (AvgIpc) is 3.06. The fourth-order valence-electron chi connectivity index (χ4n) is 2.51. The molecule has 1 aliphatic heterocycles. The Labute approximate surface area is 149 Å². The summed E-state index contributed by atoms with van der Waals surface area (Å²) in [5.74, 6) is -1.37. The van der Waals surface area contributed by atoms with Crippen LogP contribution >= 0.6 is 11.3 Å². The number of hydrogen-bond acceptors (Lipinski definition) is 6. The standard InChI is InChI=1S/C17H19N3O4S/c1-11-2-3-12(17(22)23)8-13(11)19-16(21)14-10-25-15(18-14)9-20-4-6-24-7-5-20/h2-3,8,10H,4-7,9H2,1H3,(H,19,21)(H,22,23). The summed E-state index contributed by atoms with van der Waals surface area (Å²) in [6.45, 7) is 5.68. The van der Waals surface area contributed by atoms with Crippen molar-refractivity contribution in [2.24, 2.45) is 0 Å². The molecular formula is C17H19N3O4S. The zero-order valence-corrected chi connectivity index (χ0v) is 14.6. The van der Waals surface area contributed by atoms with Crippen molar-refractivity contribution in [1.29, 1.82) is 0 Å². The van der Waals surface area contributed by atoms with Gasteiger partial charge in [-0.15, -0.1) is 11.3 Å². The molecule has 0 atom stereocenters. The highest BCUT2D eigenvalue weighted by molar-refractivity contribution is 7.09. The first-order valence-corrected chi connectivity index (χ1v) is 8.80. The first-order chi connectivity index (χ1) is 12.0. The first-order valence-electron chi connectivity index (χ1n) is 7.93. The van der Waals surface area contributed by atoms with Crippen molar-refractivity contribution in [3.8, 4) is 0 Å². The number of carbonyl (C=O) groups is 2. The molecule has 25 heavy (non-hydrogen) atoms. The van der Waals surface area contributed by atoms with Gasteiger partial charge in [0.1, 0.15) is 10.7 Å². The Balaban J connectivity index is 1.67. The molecular weight excluding hydrogens is 342 g/mol. The molecule has 1 fully saturated rings. The number of aromatic carboxylic acids is 1. The maximum Gasteiger partial charge on any atom is 0.335 e. The second-order valence-corrected chi connectivity index (χ2v) is 6.75. The van der Waals surface area contributed by atoms with Crippen molar-refractivity contribution in [2.45, 2.75) is 13.5 Å². The number of thiazole rings is 1. The van der Waals surface area contributed by atoms with Crippen LogP contribution in [0.1, 0.15) is 31.4 Å². The molecule has 1 aromatic heterocycles. The van der Waals surface area contributed by atoms with E-state index < -0.39 is 5.97 Å². The molecule has 0 bridgehead atoms. The van der Waals surface area contributed by atoms with Crippen molar-refractivity contribution < 1.29 is 19.4 Å². The number of aryl methyl sites for hydroxylation is 1. The van der Waals surface area contributed by atoms with Gasteiger partial charge >= 0.3 is 5.97 Å². The fraction of sp³-hybridized carbons (Fsp3) is 0.353. The number of morpholine rings is 1. The Bertz CT molecular complexity index is 784. The molecule has 0 radical (unpaired) electrons. The second kappa shape index (κ2) is 7.73. The Morgan fingerprint density at radius 2 is 2.12 bits per heavy atom. The van der Waals surface area contributed by atoms with Gasteiger partial charge in [0.05, 0.1) is 25.3 Å². The van der Waals surface area contributed by atoms with E-state index in [4.69, 9.17) is 9.84 Å². The molecule has 1 saturated heterocycles. The Morgan fingerprint density at radius 3 is 2.84 bits per heavy atom. The summed E-state index contributed by atoms with van der Waals surface area (Å²) in [6, 6.07) is 4.64. The van der Waals surface area contributed by atoms with Gasteiger partial charge in [-0.2, -0.15) is 0 Å². The molecule has 2 aromatic rings. The maximum absolute atomic E-state index is 12.4. The summed E-state index contributed by atoms with van der Waals surface area (Å²) < 4.78 is 5.32. The molecule has 2 heterocycles. The van der Waals surface area contributed by atoms with E-state index in [1.165, 1.54) is 23.5 Å². The molecule has 7 nitrogen and oxygen atoms in total. The van der Waals surface area contributed by atoms with Gasteiger partial charge in [0, 0.05) is 24.2 Å². The van der Waals surface area contributed by atoms with E-state index in [9.17, 15) is 9.59 Å². The minimum atomic E-state index is -1.03. The third-order valence-electron chi connectivity index (χ3n) is 3.98. The van der Waals surface area contributed by atoms with Gasteiger partial charge in [0.15, 0.2) is 0 Å². The maximum atomic E-state index is 12.4. The van der Waals surface area contributed by atoms with Crippen LogP contribution < -0.4 is 5.32 Å². The van der Waals surface area contributed by atoms with Crippen LogP contribution in [0, 0.1) is 6.92 Å². The van der Waals surface area contributed by atoms with Crippen molar-refractivity contribution in [3.05, 3.63) is 45.4 Å². The topological polar surface area (TPSA) is 91.8 Å². The number of nitrogens with zero attached hydrogens (tertiary/aromatic N) is 2. The van der Waals surface area contributed by atoms with Crippen LogP contribution in [-0.2, 0) is 11.3 Å². The van der Waals surface area contributed by atoms with Gasteiger partial charge in [0.25, 0.3) is 5.91 Å². The van der Waals surface area contributed by atoms with Crippen molar-refractivity contribution >= 4 is 28.9 Å². The van der Waals surface area contributed by atoms with Crippen LogP contribution in [0.15, 0.2) is 23.6 Å². The highest BCUT2D eigenvalue weighted by atomic mass is 32.1. The number of carbonyl (C=O) groups excluding carboxylic acids is 1. The number of aromatic nitrogens is 1. The number of amides is 1. The summed E-state index contributed by atoms with van der Waals surface area (Å²) in [7, 11) is 0. The fourth-order valence-corrected chi connectivity index (χ4v) is 3.33. The minimum absolute atomic E-state index is 0.132. The number of anilines is 1. The normalized spacial score (nSPS) is 15.1. The molecule has 1 aliphatic rings. The molecule has 1 aromatic carbocycles. The number of hydrogen-bond donors (Lipinski definition) is 2.